The fraction of sp³-hybridized carbons (Fsp3) is 0.633. The first-order chi connectivity index (χ1) is 19.9. The van der Waals surface area contributed by atoms with E-state index in [2.05, 4.69) is 24.9 Å². The number of amides is 1. The lowest BCUT2D eigenvalue weighted by atomic mass is 9.86. The van der Waals surface area contributed by atoms with E-state index in [4.69, 9.17) is 4.74 Å². The highest BCUT2D eigenvalue weighted by Crippen LogP contribution is 2.35. The summed E-state index contributed by atoms with van der Waals surface area (Å²) in [5, 5.41) is 3.63. The highest BCUT2D eigenvalue weighted by molar-refractivity contribution is 7.88. The molecule has 1 aliphatic heterocycles. The molecule has 0 spiro atoms. The zero-order valence-electron chi connectivity index (χ0n) is 25.3. The largest absolute Gasteiger partial charge is 0.451 e. The van der Waals surface area contributed by atoms with Gasteiger partial charge in [-0.3, -0.25) is 4.79 Å². The number of carbonyl (C=O) groups is 1. The van der Waals surface area contributed by atoms with Gasteiger partial charge in [-0.05, 0) is 103 Å². The van der Waals surface area contributed by atoms with Gasteiger partial charge in [0, 0.05) is 31.2 Å². The van der Waals surface area contributed by atoms with Crippen molar-refractivity contribution in [3.05, 3.63) is 42.1 Å². The van der Waals surface area contributed by atoms with Gasteiger partial charge in [0.2, 0.25) is 10.0 Å². The van der Waals surface area contributed by atoms with Gasteiger partial charge in [0.05, 0.1) is 18.0 Å². The predicted molar refractivity (Wildman–Crippen MR) is 162 cm³/mol. The Morgan fingerprint density at radius 1 is 1.07 bits per heavy atom. The average molecular weight is 605 g/mol. The highest BCUT2D eigenvalue weighted by atomic mass is 32.2. The second-order valence-electron chi connectivity index (χ2n) is 12.2. The van der Waals surface area contributed by atoms with Gasteiger partial charge in [0.1, 0.15) is 17.9 Å². The van der Waals surface area contributed by atoms with Crippen LogP contribution in [0.3, 0.4) is 0 Å². The summed E-state index contributed by atoms with van der Waals surface area (Å²) >= 11 is 0. The molecule has 1 aromatic carbocycles. The first kappa shape index (κ1) is 32.1. The van der Waals surface area contributed by atoms with Crippen LogP contribution < -0.4 is 19.7 Å². The highest BCUT2D eigenvalue weighted by Gasteiger charge is 2.29. The van der Waals surface area contributed by atoms with E-state index in [9.17, 15) is 17.6 Å². The Morgan fingerprint density at radius 2 is 1.76 bits per heavy atom. The van der Waals surface area contributed by atoms with Gasteiger partial charge in [-0.15, -0.1) is 0 Å². The smallest absolute Gasteiger partial charge is 0.258 e. The summed E-state index contributed by atoms with van der Waals surface area (Å²) in [6.45, 7) is 11.2. The van der Waals surface area contributed by atoms with E-state index in [0.29, 0.717) is 23.4 Å². The number of nitrogens with zero attached hydrogens (tertiary/aromatic N) is 4. The molecular weight excluding hydrogens is 559 g/mol. The van der Waals surface area contributed by atoms with Crippen LogP contribution in [-0.2, 0) is 10.0 Å². The zero-order chi connectivity index (χ0) is 30.4. The van der Waals surface area contributed by atoms with Crippen LogP contribution in [0, 0.1) is 17.7 Å². The van der Waals surface area contributed by atoms with Crippen molar-refractivity contribution >= 4 is 21.7 Å². The standard InChI is InChI=1S/C30H45FN6O4S/c1-20(2)37(21(3)4)30(38)26-14-24(31)8-11-27(26)41-28-17-33-19-34-29(28)36-13-12-23(18-36)16-32-15-22-6-9-25(10-7-22)35-42(5,39)40/h8,11,14,17,19-23,25,32,35H,6-7,9-10,12-13,15-16,18H2,1-5H3/t22-,23-,25-/m0/s1. The number of nitrogens with one attached hydrogen (secondary N) is 2. The number of halogens is 1. The molecule has 10 nitrogen and oxygen atoms in total. The van der Waals surface area contributed by atoms with Crippen molar-refractivity contribution in [3.63, 3.8) is 0 Å². The van der Waals surface area contributed by atoms with Crippen LogP contribution >= 0.6 is 0 Å². The molecule has 1 aliphatic carbocycles. The normalized spacial score (nSPS) is 21.2. The van der Waals surface area contributed by atoms with E-state index >= 15 is 0 Å². The summed E-state index contributed by atoms with van der Waals surface area (Å²) in [4.78, 5) is 26.0. The molecule has 232 valence electrons. The molecule has 0 radical (unpaired) electrons. The molecule has 42 heavy (non-hydrogen) atoms. The quantitative estimate of drug-likeness (QED) is 0.371. The lowest BCUT2D eigenvalue weighted by Crippen LogP contribution is -2.42. The molecule has 2 heterocycles. The molecule has 4 rings (SSSR count). The van der Waals surface area contributed by atoms with E-state index in [0.717, 1.165) is 58.3 Å². The predicted octanol–water partition coefficient (Wildman–Crippen LogP) is 4.19. The molecule has 1 amide bonds. The number of benzene rings is 1. The molecule has 2 fully saturated rings. The SMILES string of the molecule is CC(C)N(C(=O)c1cc(F)ccc1Oc1cncnc1N1CC[C@@H](CNC[C@H]2CC[C@H](NS(C)(=O)=O)CC2)C1)C(C)C. The van der Waals surface area contributed by atoms with Gasteiger partial charge in [0.15, 0.2) is 11.6 Å². The van der Waals surface area contributed by atoms with Crippen molar-refractivity contribution in [2.75, 3.05) is 37.3 Å². The number of hydrogen-bond donors (Lipinski definition) is 2. The van der Waals surface area contributed by atoms with Crippen molar-refractivity contribution in [3.8, 4) is 11.5 Å². The zero-order valence-corrected chi connectivity index (χ0v) is 26.2. The first-order valence-electron chi connectivity index (χ1n) is 14.9. The minimum absolute atomic E-state index is 0.0531. The van der Waals surface area contributed by atoms with Crippen molar-refractivity contribution in [1.29, 1.82) is 0 Å². The van der Waals surface area contributed by atoms with Gasteiger partial charge in [0.25, 0.3) is 5.91 Å². The van der Waals surface area contributed by atoms with Gasteiger partial charge in [-0.25, -0.2) is 27.5 Å². The van der Waals surface area contributed by atoms with Crippen LogP contribution in [-0.4, -0.2) is 79.8 Å². The van der Waals surface area contributed by atoms with E-state index in [1.807, 2.05) is 27.7 Å². The van der Waals surface area contributed by atoms with Gasteiger partial charge in [-0.2, -0.15) is 0 Å². The summed E-state index contributed by atoms with van der Waals surface area (Å²) < 4.78 is 46.2. The molecule has 0 unspecified atom stereocenters. The number of ether oxygens (including phenoxy) is 1. The third-order valence-electron chi connectivity index (χ3n) is 8.08. The van der Waals surface area contributed by atoms with Gasteiger partial charge in [-0.1, -0.05) is 0 Å². The maximum absolute atomic E-state index is 14.3. The summed E-state index contributed by atoms with van der Waals surface area (Å²) in [5.41, 5.74) is 0.164. The minimum Gasteiger partial charge on any atom is -0.451 e. The van der Waals surface area contributed by atoms with Gasteiger partial charge >= 0.3 is 0 Å². The van der Waals surface area contributed by atoms with E-state index < -0.39 is 15.8 Å². The number of aromatic nitrogens is 2. The maximum atomic E-state index is 14.3. The summed E-state index contributed by atoms with van der Waals surface area (Å²) in [6, 6.07) is 3.93. The van der Waals surface area contributed by atoms with Crippen LogP contribution in [0.25, 0.3) is 0 Å². The fourth-order valence-electron chi connectivity index (χ4n) is 6.17. The molecule has 2 aromatic rings. The van der Waals surface area contributed by atoms with Crippen LogP contribution in [0.15, 0.2) is 30.7 Å². The lowest BCUT2D eigenvalue weighted by molar-refractivity contribution is 0.0640. The maximum Gasteiger partial charge on any atom is 0.258 e. The molecule has 1 aromatic heterocycles. The third kappa shape index (κ3) is 8.61. The van der Waals surface area contributed by atoms with Crippen molar-refractivity contribution in [2.24, 2.45) is 11.8 Å². The third-order valence-corrected chi connectivity index (χ3v) is 8.84. The molecule has 1 saturated heterocycles. The topological polar surface area (TPSA) is 117 Å². The van der Waals surface area contributed by atoms with Crippen LogP contribution in [0.5, 0.6) is 11.5 Å². The Morgan fingerprint density at radius 3 is 2.43 bits per heavy atom. The Kier molecular flexibility index (Phi) is 10.8. The van der Waals surface area contributed by atoms with Crippen molar-refractivity contribution in [1.82, 2.24) is 24.9 Å². The molecule has 0 bridgehead atoms. The number of hydrogen-bond acceptors (Lipinski definition) is 8. The molecule has 2 aliphatic rings. The second kappa shape index (κ2) is 14.1. The Labute approximate surface area is 249 Å². The fourth-order valence-corrected chi connectivity index (χ4v) is 7.01. The van der Waals surface area contributed by atoms with E-state index in [-0.39, 0.29) is 35.3 Å². The Balaban J connectivity index is 1.35. The number of sulfonamides is 1. The summed E-state index contributed by atoms with van der Waals surface area (Å²) in [6.07, 6.45) is 9.07. The molecule has 1 atom stereocenters. The number of carbonyl (C=O) groups excluding carboxylic acids is 1. The average Bonchev–Trinajstić information content (AvgIpc) is 3.38. The lowest BCUT2D eigenvalue weighted by Gasteiger charge is -2.31. The van der Waals surface area contributed by atoms with E-state index in [1.54, 1.807) is 11.1 Å². The monoisotopic (exact) mass is 604 g/mol. The molecule has 2 N–H and O–H groups in total. The first-order valence-corrected chi connectivity index (χ1v) is 16.8. The second-order valence-corrected chi connectivity index (χ2v) is 14.0. The van der Waals surface area contributed by atoms with Crippen molar-refractivity contribution in [2.45, 2.75) is 77.9 Å². The van der Waals surface area contributed by atoms with Crippen LogP contribution in [0.1, 0.15) is 70.2 Å². The molecule has 1 saturated carbocycles. The Hall–Kier alpha value is -2.83. The number of anilines is 1. The van der Waals surface area contributed by atoms with Crippen LogP contribution in [0.2, 0.25) is 0 Å². The molecule has 12 heteroatoms. The minimum atomic E-state index is -3.16. The number of rotatable bonds is 12. The summed E-state index contributed by atoms with van der Waals surface area (Å²) in [7, 11) is -3.16. The van der Waals surface area contributed by atoms with E-state index in [1.165, 1.54) is 30.8 Å². The van der Waals surface area contributed by atoms with Gasteiger partial charge < -0.3 is 19.9 Å². The van der Waals surface area contributed by atoms with Crippen molar-refractivity contribution < 1.29 is 22.3 Å². The van der Waals surface area contributed by atoms with Crippen LogP contribution in [0.4, 0.5) is 10.2 Å². The summed E-state index contributed by atoms with van der Waals surface area (Å²) in [5.74, 6) is 1.53. The Bertz CT molecular complexity index is 1310. The molecular formula is C30H45FN6O4S.